The number of aromatic nitrogens is 1. The van der Waals surface area contributed by atoms with Gasteiger partial charge in [-0.25, -0.2) is 4.98 Å². The van der Waals surface area contributed by atoms with Crippen LogP contribution >= 0.6 is 28.1 Å². The van der Waals surface area contributed by atoms with Gasteiger partial charge in [-0.2, -0.15) is 0 Å². The van der Waals surface area contributed by atoms with Gasteiger partial charge in [-0.05, 0) is 34.0 Å². The minimum Gasteiger partial charge on any atom is -0.393 e. The molecule has 0 aromatic carbocycles. The van der Waals surface area contributed by atoms with E-state index >= 15 is 0 Å². The second-order valence-electron chi connectivity index (χ2n) is 4.37. The lowest BCUT2D eigenvalue weighted by atomic mass is 10.2. The Morgan fingerprint density at radius 2 is 2.29 bits per heavy atom. The van der Waals surface area contributed by atoms with Crippen LogP contribution in [0.25, 0.3) is 0 Å². The first-order valence-corrected chi connectivity index (χ1v) is 6.84. The Labute approximate surface area is 117 Å². The summed E-state index contributed by atoms with van der Waals surface area (Å²) < 4.78 is 1.00. The summed E-state index contributed by atoms with van der Waals surface area (Å²) in [5.41, 5.74) is 5.56. The minimum atomic E-state index is 0.547. The molecule has 1 aromatic heterocycles. The van der Waals surface area contributed by atoms with E-state index in [1.807, 2.05) is 12.1 Å². The molecule has 0 saturated carbocycles. The van der Waals surface area contributed by atoms with E-state index in [0.29, 0.717) is 17.3 Å². The van der Waals surface area contributed by atoms with E-state index < -0.39 is 0 Å². The van der Waals surface area contributed by atoms with Crippen molar-refractivity contribution in [2.75, 3.05) is 18.0 Å². The standard InChI is InChI=1S/C12H18BrN3S/c1-9(2)8-16(7-5-11(14)17)12-10(13)4-3-6-15-12/h3-4,6,9H,5,7-8H2,1-2H3,(H2,14,17). The quantitative estimate of drug-likeness (QED) is 0.819. The molecule has 0 aliphatic rings. The number of hydrogen-bond acceptors (Lipinski definition) is 3. The molecule has 3 nitrogen and oxygen atoms in total. The van der Waals surface area contributed by atoms with Crippen molar-refractivity contribution in [1.29, 1.82) is 0 Å². The largest absolute Gasteiger partial charge is 0.393 e. The Morgan fingerprint density at radius 3 is 2.82 bits per heavy atom. The second kappa shape index (κ2) is 6.91. The maximum absolute atomic E-state index is 5.56. The van der Waals surface area contributed by atoms with Crippen molar-refractivity contribution in [2.24, 2.45) is 11.7 Å². The average Bonchev–Trinajstić information content (AvgIpc) is 2.24. The highest BCUT2D eigenvalue weighted by Gasteiger charge is 2.12. The Morgan fingerprint density at radius 1 is 1.59 bits per heavy atom. The first-order chi connectivity index (χ1) is 8.00. The van der Waals surface area contributed by atoms with Gasteiger partial charge >= 0.3 is 0 Å². The second-order valence-corrected chi connectivity index (χ2v) is 5.74. The summed E-state index contributed by atoms with van der Waals surface area (Å²) in [4.78, 5) is 7.17. The topological polar surface area (TPSA) is 42.1 Å². The van der Waals surface area contributed by atoms with E-state index in [2.05, 4.69) is 39.7 Å². The molecule has 1 heterocycles. The zero-order chi connectivity index (χ0) is 12.8. The molecule has 0 spiro atoms. The zero-order valence-electron chi connectivity index (χ0n) is 10.2. The molecule has 0 saturated heterocycles. The third-order valence-corrected chi connectivity index (χ3v) is 3.08. The predicted molar refractivity (Wildman–Crippen MR) is 80.4 cm³/mol. The summed E-state index contributed by atoms with van der Waals surface area (Å²) in [5.74, 6) is 1.52. The number of pyridine rings is 1. The predicted octanol–water partition coefficient (Wildman–Crippen LogP) is 2.98. The highest BCUT2D eigenvalue weighted by molar-refractivity contribution is 9.10. The first kappa shape index (κ1) is 14.4. The van der Waals surface area contributed by atoms with Crippen LogP contribution in [0.5, 0.6) is 0 Å². The van der Waals surface area contributed by atoms with Gasteiger partial charge in [-0.1, -0.05) is 26.1 Å². The molecule has 0 bridgehead atoms. The van der Waals surface area contributed by atoms with Gasteiger partial charge in [0.15, 0.2) is 0 Å². The third-order valence-electron chi connectivity index (χ3n) is 2.25. The van der Waals surface area contributed by atoms with Gasteiger partial charge in [0.1, 0.15) is 5.82 Å². The molecule has 17 heavy (non-hydrogen) atoms. The van der Waals surface area contributed by atoms with Crippen molar-refractivity contribution in [3.63, 3.8) is 0 Å². The molecule has 0 fully saturated rings. The monoisotopic (exact) mass is 315 g/mol. The van der Waals surface area contributed by atoms with Crippen molar-refractivity contribution in [2.45, 2.75) is 20.3 Å². The molecule has 94 valence electrons. The van der Waals surface area contributed by atoms with E-state index in [1.165, 1.54) is 0 Å². The van der Waals surface area contributed by atoms with E-state index in [-0.39, 0.29) is 0 Å². The summed E-state index contributed by atoms with van der Waals surface area (Å²) in [6.07, 6.45) is 2.51. The van der Waals surface area contributed by atoms with E-state index in [4.69, 9.17) is 18.0 Å². The van der Waals surface area contributed by atoms with E-state index in [1.54, 1.807) is 6.20 Å². The van der Waals surface area contributed by atoms with Gasteiger partial charge in [-0.3, -0.25) is 0 Å². The van der Waals surface area contributed by atoms with Crippen molar-refractivity contribution in [3.05, 3.63) is 22.8 Å². The van der Waals surface area contributed by atoms with Crippen molar-refractivity contribution in [3.8, 4) is 0 Å². The number of anilines is 1. The van der Waals surface area contributed by atoms with Crippen molar-refractivity contribution in [1.82, 2.24) is 4.98 Å². The number of nitrogens with two attached hydrogens (primary N) is 1. The Hall–Kier alpha value is -0.680. The molecule has 1 aromatic rings. The molecule has 2 N–H and O–H groups in total. The lowest BCUT2D eigenvalue weighted by Gasteiger charge is -2.26. The molecule has 5 heteroatoms. The highest BCUT2D eigenvalue weighted by atomic mass is 79.9. The van der Waals surface area contributed by atoms with Crippen LogP contribution in [0.1, 0.15) is 20.3 Å². The van der Waals surface area contributed by atoms with Crippen molar-refractivity contribution >= 4 is 39.0 Å². The normalized spacial score (nSPS) is 10.6. The van der Waals surface area contributed by atoms with Gasteiger partial charge in [0.05, 0.1) is 9.46 Å². The van der Waals surface area contributed by atoms with Crippen LogP contribution in [0.2, 0.25) is 0 Å². The fourth-order valence-corrected chi connectivity index (χ4v) is 2.18. The SMILES string of the molecule is CC(C)CN(CCC(N)=S)c1ncccc1Br. The van der Waals surface area contributed by atoms with Crippen LogP contribution in [-0.2, 0) is 0 Å². The third kappa shape index (κ3) is 5.00. The summed E-state index contributed by atoms with van der Waals surface area (Å²) in [6, 6.07) is 3.91. The van der Waals surface area contributed by atoms with Crippen LogP contribution in [0.15, 0.2) is 22.8 Å². The number of thiocarbonyl (C=S) groups is 1. The molecule has 0 radical (unpaired) electrons. The highest BCUT2D eigenvalue weighted by Crippen LogP contribution is 2.23. The summed E-state index contributed by atoms with van der Waals surface area (Å²) in [5, 5.41) is 0. The molecular weight excluding hydrogens is 298 g/mol. The molecule has 1 rings (SSSR count). The van der Waals surface area contributed by atoms with Gasteiger partial charge in [-0.15, -0.1) is 0 Å². The Kier molecular flexibility index (Phi) is 5.85. The van der Waals surface area contributed by atoms with Gasteiger partial charge in [0.25, 0.3) is 0 Å². The summed E-state index contributed by atoms with van der Waals surface area (Å²) >= 11 is 8.45. The van der Waals surface area contributed by atoms with Crippen LogP contribution in [-0.4, -0.2) is 23.1 Å². The van der Waals surface area contributed by atoms with E-state index in [0.717, 1.165) is 23.4 Å². The lowest BCUT2D eigenvalue weighted by Crippen LogP contribution is -2.31. The summed E-state index contributed by atoms with van der Waals surface area (Å²) in [7, 11) is 0. The van der Waals surface area contributed by atoms with Gasteiger partial charge in [0, 0.05) is 25.7 Å². The summed E-state index contributed by atoms with van der Waals surface area (Å²) in [6.45, 7) is 6.12. The van der Waals surface area contributed by atoms with Gasteiger partial charge in [0.2, 0.25) is 0 Å². The first-order valence-electron chi connectivity index (χ1n) is 5.64. The number of rotatable bonds is 6. The van der Waals surface area contributed by atoms with E-state index in [9.17, 15) is 0 Å². The number of halogens is 1. The van der Waals surface area contributed by atoms with Crippen LogP contribution in [0.4, 0.5) is 5.82 Å². The maximum Gasteiger partial charge on any atom is 0.142 e. The number of hydrogen-bond donors (Lipinski definition) is 1. The Bertz CT molecular complexity index is 382. The number of nitrogens with zero attached hydrogens (tertiary/aromatic N) is 2. The lowest BCUT2D eigenvalue weighted by molar-refractivity contribution is 0.608. The van der Waals surface area contributed by atoms with Gasteiger partial charge < -0.3 is 10.6 Å². The fraction of sp³-hybridized carbons (Fsp3) is 0.500. The van der Waals surface area contributed by atoms with Crippen LogP contribution in [0, 0.1) is 5.92 Å². The molecule has 0 atom stereocenters. The molecule has 0 unspecified atom stereocenters. The Balaban J connectivity index is 2.82. The van der Waals surface area contributed by atoms with Crippen LogP contribution < -0.4 is 10.6 Å². The van der Waals surface area contributed by atoms with Crippen LogP contribution in [0.3, 0.4) is 0 Å². The minimum absolute atomic E-state index is 0.547. The smallest absolute Gasteiger partial charge is 0.142 e. The molecule has 0 aliphatic heterocycles. The molecule has 0 amide bonds. The molecule has 0 aliphatic carbocycles. The molecular formula is C12H18BrN3S. The fourth-order valence-electron chi connectivity index (χ4n) is 1.58. The van der Waals surface area contributed by atoms with Crippen molar-refractivity contribution < 1.29 is 0 Å². The zero-order valence-corrected chi connectivity index (χ0v) is 12.6. The maximum atomic E-state index is 5.56. The average molecular weight is 316 g/mol.